The minimum atomic E-state index is -0.945. The highest BCUT2D eigenvalue weighted by Gasteiger charge is 2.43. The van der Waals surface area contributed by atoms with Gasteiger partial charge >= 0.3 is 12.0 Å². The second-order valence-electron chi connectivity index (χ2n) is 7.46. The average molecular weight is 378 g/mol. The lowest BCUT2D eigenvalue weighted by molar-refractivity contribution is -0.151. The highest BCUT2D eigenvalue weighted by atomic mass is 16.7. The van der Waals surface area contributed by atoms with Gasteiger partial charge in [-0.05, 0) is 31.3 Å². The van der Waals surface area contributed by atoms with Crippen LogP contribution in [0, 0.1) is 0 Å². The third-order valence-electron chi connectivity index (χ3n) is 5.35. The molecule has 1 saturated carbocycles. The highest BCUT2D eigenvalue weighted by molar-refractivity contribution is 5.87. The summed E-state index contributed by atoms with van der Waals surface area (Å²) in [7, 11) is 1.68. The molecule has 27 heavy (non-hydrogen) atoms. The van der Waals surface area contributed by atoms with Gasteiger partial charge in [-0.2, -0.15) is 0 Å². The first-order valence-electron chi connectivity index (χ1n) is 9.88. The van der Waals surface area contributed by atoms with Crippen LogP contribution in [0.3, 0.4) is 0 Å². The van der Waals surface area contributed by atoms with Crippen molar-refractivity contribution in [3.63, 3.8) is 0 Å². The fourth-order valence-electron chi connectivity index (χ4n) is 3.72. The Balaban J connectivity index is 1.58. The van der Waals surface area contributed by atoms with Crippen LogP contribution in [0.2, 0.25) is 0 Å². The summed E-state index contributed by atoms with van der Waals surface area (Å²) in [5, 5.41) is 2.96. The van der Waals surface area contributed by atoms with E-state index in [0.717, 1.165) is 37.7 Å². The Bertz CT molecular complexity index is 589. The van der Waals surface area contributed by atoms with Crippen LogP contribution >= 0.6 is 0 Å². The van der Waals surface area contributed by atoms with Crippen molar-refractivity contribution in [3.8, 4) is 0 Å². The number of urea groups is 1. The second-order valence-corrected chi connectivity index (χ2v) is 7.46. The molecule has 0 atom stereocenters. The summed E-state index contributed by atoms with van der Waals surface area (Å²) in [4.78, 5) is 27.1. The summed E-state index contributed by atoms with van der Waals surface area (Å²) >= 11 is 0. The number of esters is 1. The van der Waals surface area contributed by atoms with Crippen molar-refractivity contribution in [2.45, 2.75) is 56.8 Å². The molecule has 150 valence electrons. The lowest BCUT2D eigenvalue weighted by Gasteiger charge is -2.37. The summed E-state index contributed by atoms with van der Waals surface area (Å²) in [5.41, 5.74) is 0.0689. The Labute approximate surface area is 160 Å². The standard InChI is InChI=1S/C20H30N2O5/c1-22(14-17-25-12-13-26-17)19(24)21-20(10-6-3-7-11-20)18(23)27-15-16-8-4-2-5-9-16/h4,8-9,17H,2-3,5-7,10-15H2,1H3,(H,21,24). The van der Waals surface area contributed by atoms with Crippen molar-refractivity contribution in [1.82, 2.24) is 10.2 Å². The smallest absolute Gasteiger partial charge is 0.332 e. The van der Waals surface area contributed by atoms with Crippen LogP contribution in [0.1, 0.15) is 44.9 Å². The molecule has 2 aliphatic carbocycles. The van der Waals surface area contributed by atoms with E-state index in [1.165, 1.54) is 4.90 Å². The molecule has 1 N–H and O–H groups in total. The molecule has 7 nitrogen and oxygen atoms in total. The largest absolute Gasteiger partial charge is 0.459 e. The summed E-state index contributed by atoms with van der Waals surface area (Å²) in [6, 6.07) is -0.301. The molecule has 0 bridgehead atoms. The molecule has 0 unspecified atom stereocenters. The predicted molar refractivity (Wildman–Crippen MR) is 100 cm³/mol. The van der Waals surface area contributed by atoms with Gasteiger partial charge in [-0.3, -0.25) is 0 Å². The van der Waals surface area contributed by atoms with E-state index in [1.807, 2.05) is 6.08 Å². The number of allylic oxidation sites excluding steroid dienone is 2. The van der Waals surface area contributed by atoms with E-state index in [2.05, 4.69) is 17.5 Å². The van der Waals surface area contributed by atoms with Gasteiger partial charge in [0.05, 0.1) is 19.8 Å². The van der Waals surface area contributed by atoms with E-state index in [4.69, 9.17) is 14.2 Å². The van der Waals surface area contributed by atoms with Crippen LogP contribution in [0.4, 0.5) is 4.79 Å². The van der Waals surface area contributed by atoms with Crippen LogP contribution in [-0.2, 0) is 19.0 Å². The van der Waals surface area contributed by atoms with Crippen LogP contribution in [0.15, 0.2) is 23.8 Å². The Hall–Kier alpha value is -1.86. The summed E-state index contributed by atoms with van der Waals surface area (Å²) in [5.74, 6) is -0.336. The van der Waals surface area contributed by atoms with Gasteiger partial charge in [0.2, 0.25) is 0 Å². The molecule has 0 aromatic carbocycles. The van der Waals surface area contributed by atoms with Crippen LogP contribution in [0.25, 0.3) is 0 Å². The van der Waals surface area contributed by atoms with E-state index < -0.39 is 11.8 Å². The van der Waals surface area contributed by atoms with Gasteiger partial charge in [-0.25, -0.2) is 9.59 Å². The average Bonchev–Trinajstić information content (AvgIpc) is 3.20. The number of ether oxygens (including phenoxy) is 3. The zero-order valence-corrected chi connectivity index (χ0v) is 16.1. The number of likely N-dealkylation sites (N-methyl/N-ethyl adjacent to an activating group) is 1. The minimum Gasteiger partial charge on any atom is -0.459 e. The van der Waals surface area contributed by atoms with Crippen molar-refractivity contribution in [2.24, 2.45) is 0 Å². The molecule has 1 saturated heterocycles. The molecule has 7 heteroatoms. The van der Waals surface area contributed by atoms with Crippen molar-refractivity contribution < 1.29 is 23.8 Å². The summed E-state index contributed by atoms with van der Waals surface area (Å²) in [6.07, 6.45) is 11.9. The monoisotopic (exact) mass is 378 g/mol. The first-order chi connectivity index (χ1) is 13.1. The molecule has 2 fully saturated rings. The van der Waals surface area contributed by atoms with Gasteiger partial charge < -0.3 is 24.4 Å². The predicted octanol–water partition coefficient (Wildman–Crippen LogP) is 2.52. The number of hydrogen-bond acceptors (Lipinski definition) is 5. The summed E-state index contributed by atoms with van der Waals surface area (Å²) < 4.78 is 16.4. The number of carbonyl (C=O) groups is 2. The zero-order valence-electron chi connectivity index (χ0n) is 16.1. The fraction of sp³-hybridized carbons (Fsp3) is 0.700. The maximum atomic E-state index is 12.9. The summed E-state index contributed by atoms with van der Waals surface area (Å²) in [6.45, 7) is 1.67. The van der Waals surface area contributed by atoms with Gasteiger partial charge in [0.15, 0.2) is 6.29 Å². The lowest BCUT2D eigenvalue weighted by atomic mass is 9.81. The third-order valence-corrected chi connectivity index (χ3v) is 5.35. The molecule has 1 aliphatic heterocycles. The third kappa shape index (κ3) is 5.32. The molecular weight excluding hydrogens is 348 g/mol. The topological polar surface area (TPSA) is 77.1 Å². The normalized spacial score (nSPS) is 22.2. The highest BCUT2D eigenvalue weighted by Crippen LogP contribution is 2.30. The maximum absolute atomic E-state index is 12.9. The fourth-order valence-corrected chi connectivity index (χ4v) is 3.72. The Morgan fingerprint density at radius 2 is 1.96 bits per heavy atom. The van der Waals surface area contributed by atoms with Crippen LogP contribution < -0.4 is 5.32 Å². The number of amides is 2. The van der Waals surface area contributed by atoms with Gasteiger partial charge in [0.25, 0.3) is 0 Å². The molecule has 0 aromatic heterocycles. The van der Waals surface area contributed by atoms with E-state index >= 15 is 0 Å². The van der Waals surface area contributed by atoms with Crippen molar-refractivity contribution in [1.29, 1.82) is 0 Å². The lowest BCUT2D eigenvalue weighted by Crippen LogP contribution is -2.59. The first-order valence-corrected chi connectivity index (χ1v) is 9.88. The van der Waals surface area contributed by atoms with E-state index in [9.17, 15) is 9.59 Å². The number of rotatable bonds is 6. The molecule has 2 amide bonds. The number of nitrogens with zero attached hydrogens (tertiary/aromatic N) is 1. The Kier molecular flexibility index (Phi) is 6.90. The van der Waals surface area contributed by atoms with Gasteiger partial charge in [0.1, 0.15) is 12.1 Å². The van der Waals surface area contributed by atoms with E-state index in [0.29, 0.717) is 32.6 Å². The molecule has 0 aromatic rings. The number of hydrogen-bond donors (Lipinski definition) is 1. The Morgan fingerprint density at radius 3 is 2.63 bits per heavy atom. The van der Waals surface area contributed by atoms with Gasteiger partial charge in [0, 0.05) is 7.05 Å². The van der Waals surface area contributed by atoms with Gasteiger partial charge in [-0.1, -0.05) is 37.5 Å². The number of carbonyl (C=O) groups excluding carboxylic acids is 2. The van der Waals surface area contributed by atoms with Crippen molar-refractivity contribution in [2.75, 3.05) is 33.4 Å². The molecule has 1 heterocycles. The Morgan fingerprint density at radius 1 is 1.22 bits per heavy atom. The first kappa shape index (κ1) is 19.9. The maximum Gasteiger partial charge on any atom is 0.332 e. The number of nitrogens with one attached hydrogen (secondary N) is 1. The quantitative estimate of drug-likeness (QED) is 0.719. The van der Waals surface area contributed by atoms with Crippen LogP contribution in [0.5, 0.6) is 0 Å². The molecule has 0 spiro atoms. The second kappa shape index (κ2) is 9.37. The molecule has 3 aliphatic rings. The van der Waals surface area contributed by atoms with E-state index in [1.54, 1.807) is 7.05 Å². The zero-order chi connectivity index (χ0) is 19.1. The van der Waals surface area contributed by atoms with Gasteiger partial charge in [-0.15, -0.1) is 0 Å². The van der Waals surface area contributed by atoms with Crippen molar-refractivity contribution >= 4 is 12.0 Å². The van der Waals surface area contributed by atoms with Crippen LogP contribution in [-0.4, -0.2) is 62.1 Å². The molecular formula is C20H30N2O5. The molecule has 3 rings (SSSR count). The molecule has 0 radical (unpaired) electrons. The SMILES string of the molecule is CN(CC1OCCO1)C(=O)NC1(C(=O)OCC2=CCCC=C2)CCCCC1. The van der Waals surface area contributed by atoms with Crippen molar-refractivity contribution in [3.05, 3.63) is 23.8 Å². The minimum absolute atomic E-state index is 0.256. The van der Waals surface area contributed by atoms with E-state index in [-0.39, 0.29) is 18.6 Å².